The summed E-state index contributed by atoms with van der Waals surface area (Å²) in [5.74, 6) is -0.430. The lowest BCUT2D eigenvalue weighted by atomic mass is 10.1. The highest BCUT2D eigenvalue weighted by molar-refractivity contribution is 7.92. The van der Waals surface area contributed by atoms with E-state index < -0.39 is 28.5 Å². The maximum absolute atomic E-state index is 14.1. The Morgan fingerprint density at radius 1 is 0.929 bits per heavy atom. The van der Waals surface area contributed by atoms with Crippen LogP contribution in [0.25, 0.3) is 0 Å². The second-order valence-corrected chi connectivity index (χ2v) is 12.3. The number of carbonyl (C=O) groups is 2. The van der Waals surface area contributed by atoms with Gasteiger partial charge < -0.3 is 19.7 Å². The molecule has 0 heterocycles. The van der Waals surface area contributed by atoms with Gasteiger partial charge in [-0.1, -0.05) is 48.3 Å². The normalized spacial score (nSPS) is 12.6. The molecule has 0 bridgehead atoms. The van der Waals surface area contributed by atoms with E-state index in [-0.39, 0.29) is 34.8 Å². The zero-order valence-corrected chi connectivity index (χ0v) is 26.5. The third-order valence-corrected chi connectivity index (χ3v) is 9.19. The van der Waals surface area contributed by atoms with Gasteiger partial charge in [-0.15, -0.1) is 0 Å². The van der Waals surface area contributed by atoms with Gasteiger partial charge in [-0.05, 0) is 68.3 Å². The second-order valence-electron chi connectivity index (χ2n) is 9.61. The fourth-order valence-corrected chi connectivity index (χ4v) is 5.85. The Kier molecular flexibility index (Phi) is 11.5. The summed E-state index contributed by atoms with van der Waals surface area (Å²) in [6.07, 6.45) is 0.699. The molecule has 0 saturated heterocycles. The predicted molar refractivity (Wildman–Crippen MR) is 165 cm³/mol. The fourth-order valence-electron chi connectivity index (χ4n) is 4.10. The molecule has 3 aromatic carbocycles. The third kappa shape index (κ3) is 7.87. The number of methoxy groups -OCH3 is 2. The number of ether oxygens (including phenoxy) is 2. The highest BCUT2D eigenvalue weighted by Crippen LogP contribution is 2.33. The molecule has 9 nitrogen and oxygen atoms in total. The summed E-state index contributed by atoms with van der Waals surface area (Å²) in [4.78, 5) is 28.4. The number of hydrogen-bond donors (Lipinski definition) is 1. The SMILES string of the molecule is CC[C@H](C)NC(=O)[C@@H](C)N(Cc1ccccc1Cl)C(=O)CN(c1ccc(Cl)cc1)S(=O)(=O)c1ccc(OC)c(OC)c1. The van der Waals surface area contributed by atoms with E-state index >= 15 is 0 Å². The fraction of sp³-hybridized carbons (Fsp3) is 0.333. The van der Waals surface area contributed by atoms with Crippen LogP contribution in [0.15, 0.2) is 71.6 Å². The molecule has 226 valence electrons. The maximum atomic E-state index is 14.1. The molecule has 0 unspecified atom stereocenters. The molecule has 3 rings (SSSR count). The standard InChI is InChI=1S/C30H35Cl2N3O6S/c1-6-20(2)33-30(37)21(3)34(18-22-9-7-8-10-26(22)32)29(36)19-35(24-13-11-23(31)12-14-24)42(38,39)25-15-16-27(40-4)28(17-25)41-5/h7-17,20-21H,6,18-19H2,1-5H3,(H,33,37)/t20-,21+/m0/s1. The van der Waals surface area contributed by atoms with Crippen molar-refractivity contribution in [3.05, 3.63) is 82.3 Å². The van der Waals surface area contributed by atoms with Crippen molar-refractivity contribution in [2.24, 2.45) is 0 Å². The van der Waals surface area contributed by atoms with Gasteiger partial charge in [-0.2, -0.15) is 0 Å². The number of carbonyl (C=O) groups excluding carboxylic acids is 2. The number of anilines is 1. The number of nitrogens with zero attached hydrogens (tertiary/aromatic N) is 2. The van der Waals surface area contributed by atoms with Crippen LogP contribution >= 0.6 is 23.2 Å². The number of benzene rings is 3. The first-order valence-corrected chi connectivity index (χ1v) is 15.5. The lowest BCUT2D eigenvalue weighted by Gasteiger charge is -2.32. The van der Waals surface area contributed by atoms with Crippen LogP contribution in [-0.4, -0.2) is 58.0 Å². The molecule has 1 N–H and O–H groups in total. The Balaban J connectivity index is 2.07. The van der Waals surface area contributed by atoms with Crippen LogP contribution in [0, 0.1) is 0 Å². The molecule has 2 atom stereocenters. The lowest BCUT2D eigenvalue weighted by molar-refractivity contribution is -0.139. The van der Waals surface area contributed by atoms with Crippen molar-refractivity contribution in [1.82, 2.24) is 10.2 Å². The highest BCUT2D eigenvalue weighted by Gasteiger charge is 2.33. The summed E-state index contributed by atoms with van der Waals surface area (Å²) in [5.41, 5.74) is 0.813. The van der Waals surface area contributed by atoms with Gasteiger partial charge >= 0.3 is 0 Å². The van der Waals surface area contributed by atoms with Gasteiger partial charge in [0.15, 0.2) is 11.5 Å². The van der Waals surface area contributed by atoms with Gasteiger partial charge in [0.1, 0.15) is 12.6 Å². The van der Waals surface area contributed by atoms with Crippen molar-refractivity contribution in [1.29, 1.82) is 0 Å². The van der Waals surface area contributed by atoms with Crippen molar-refractivity contribution in [2.45, 2.75) is 50.7 Å². The summed E-state index contributed by atoms with van der Waals surface area (Å²) in [6, 6.07) is 16.2. The van der Waals surface area contributed by atoms with Crippen molar-refractivity contribution in [2.75, 3.05) is 25.1 Å². The van der Waals surface area contributed by atoms with Crippen LogP contribution in [0.4, 0.5) is 5.69 Å². The summed E-state index contributed by atoms with van der Waals surface area (Å²) in [7, 11) is -1.49. The van der Waals surface area contributed by atoms with Gasteiger partial charge in [0.2, 0.25) is 11.8 Å². The predicted octanol–water partition coefficient (Wildman–Crippen LogP) is 5.54. The molecule has 0 fully saturated rings. The molecule has 2 amide bonds. The molecule has 12 heteroatoms. The first-order chi connectivity index (χ1) is 19.9. The van der Waals surface area contributed by atoms with Crippen LogP contribution in [-0.2, 0) is 26.2 Å². The minimum atomic E-state index is -4.32. The number of rotatable bonds is 13. The van der Waals surface area contributed by atoms with Gasteiger partial charge in [-0.25, -0.2) is 8.42 Å². The summed E-state index contributed by atoms with van der Waals surface area (Å²) < 4.78 is 39.7. The number of hydrogen-bond acceptors (Lipinski definition) is 6. The molecule has 0 aliphatic heterocycles. The van der Waals surface area contributed by atoms with E-state index in [0.29, 0.717) is 27.8 Å². The molecule has 0 radical (unpaired) electrons. The van der Waals surface area contributed by atoms with Crippen molar-refractivity contribution in [3.8, 4) is 11.5 Å². The van der Waals surface area contributed by atoms with Crippen LogP contribution < -0.4 is 19.1 Å². The van der Waals surface area contributed by atoms with Crippen molar-refractivity contribution in [3.63, 3.8) is 0 Å². The lowest BCUT2D eigenvalue weighted by Crippen LogP contribution is -2.52. The Morgan fingerprint density at radius 3 is 2.17 bits per heavy atom. The topological polar surface area (TPSA) is 105 Å². The third-order valence-electron chi connectivity index (χ3n) is 6.80. The zero-order valence-electron chi connectivity index (χ0n) is 24.1. The van der Waals surface area contributed by atoms with E-state index in [4.69, 9.17) is 32.7 Å². The summed E-state index contributed by atoms with van der Waals surface area (Å²) in [6.45, 7) is 4.78. The van der Waals surface area contributed by atoms with Gasteiger partial charge in [0, 0.05) is 28.7 Å². The number of halogens is 2. The summed E-state index contributed by atoms with van der Waals surface area (Å²) in [5, 5.41) is 3.70. The van der Waals surface area contributed by atoms with Crippen LogP contribution in [0.1, 0.15) is 32.8 Å². The zero-order chi connectivity index (χ0) is 31.0. The molecular weight excluding hydrogens is 601 g/mol. The molecule has 0 aliphatic rings. The van der Waals surface area contributed by atoms with Crippen LogP contribution in [0.2, 0.25) is 10.0 Å². The monoisotopic (exact) mass is 635 g/mol. The van der Waals surface area contributed by atoms with Crippen molar-refractivity contribution < 1.29 is 27.5 Å². The molecule has 0 saturated carbocycles. The quantitative estimate of drug-likeness (QED) is 0.264. The minimum Gasteiger partial charge on any atom is -0.493 e. The molecule has 0 aromatic heterocycles. The molecular formula is C30H35Cl2N3O6S. The van der Waals surface area contributed by atoms with Gasteiger partial charge in [-0.3, -0.25) is 13.9 Å². The van der Waals surface area contributed by atoms with E-state index in [2.05, 4.69) is 5.32 Å². The summed E-state index contributed by atoms with van der Waals surface area (Å²) >= 11 is 12.5. The first-order valence-electron chi connectivity index (χ1n) is 13.3. The van der Waals surface area contributed by atoms with E-state index in [1.54, 1.807) is 31.2 Å². The van der Waals surface area contributed by atoms with Gasteiger partial charge in [0.05, 0.1) is 24.8 Å². The average molecular weight is 637 g/mol. The molecule has 0 spiro atoms. The molecule has 3 aromatic rings. The smallest absolute Gasteiger partial charge is 0.264 e. The van der Waals surface area contributed by atoms with Crippen molar-refractivity contribution >= 4 is 50.7 Å². The minimum absolute atomic E-state index is 0.0154. The maximum Gasteiger partial charge on any atom is 0.264 e. The molecule has 0 aliphatic carbocycles. The molecule has 42 heavy (non-hydrogen) atoms. The van der Waals surface area contributed by atoms with E-state index in [1.807, 2.05) is 13.8 Å². The Hall–Kier alpha value is -3.47. The number of amides is 2. The first kappa shape index (κ1) is 33.0. The highest BCUT2D eigenvalue weighted by atomic mass is 35.5. The Morgan fingerprint density at radius 2 is 1.57 bits per heavy atom. The van der Waals surface area contributed by atoms with Gasteiger partial charge in [0.25, 0.3) is 10.0 Å². The largest absolute Gasteiger partial charge is 0.493 e. The van der Waals surface area contributed by atoms with E-state index in [1.165, 1.54) is 61.6 Å². The Labute approximate surface area is 257 Å². The van der Waals surface area contributed by atoms with E-state index in [9.17, 15) is 18.0 Å². The van der Waals surface area contributed by atoms with Crippen LogP contribution in [0.3, 0.4) is 0 Å². The Bertz CT molecular complexity index is 1500. The number of sulfonamides is 1. The second kappa shape index (κ2) is 14.6. The van der Waals surface area contributed by atoms with E-state index in [0.717, 1.165) is 4.31 Å². The average Bonchev–Trinajstić information content (AvgIpc) is 2.98. The van der Waals surface area contributed by atoms with Crippen LogP contribution in [0.5, 0.6) is 11.5 Å². The number of nitrogens with one attached hydrogen (secondary N) is 1.